The summed E-state index contributed by atoms with van der Waals surface area (Å²) in [5, 5.41) is 4.00. The van der Waals surface area contributed by atoms with Crippen molar-refractivity contribution in [3.8, 4) is 5.75 Å². The molecule has 5 heteroatoms. The first kappa shape index (κ1) is 17.3. The zero-order chi connectivity index (χ0) is 18.6. The zero-order valence-corrected chi connectivity index (χ0v) is 15.3. The number of para-hydroxylation sites is 1. The van der Waals surface area contributed by atoms with Crippen LogP contribution in [0, 0.1) is 0 Å². The number of hydrogen-bond acceptors (Lipinski definition) is 5. The largest absolute Gasteiger partial charge is 0.496 e. The summed E-state index contributed by atoms with van der Waals surface area (Å²) < 4.78 is 5.41. The van der Waals surface area contributed by atoms with Crippen LogP contribution < -0.4 is 4.74 Å². The Kier molecular flexibility index (Phi) is 4.92. The third kappa shape index (κ3) is 3.58. The fraction of sp³-hybridized carbons (Fsp3) is 0.273. The van der Waals surface area contributed by atoms with Crippen LogP contribution >= 0.6 is 0 Å². The minimum absolute atomic E-state index is 0.416. The number of carbonyl (C=O) groups excluding carboxylic acids is 1. The smallest absolute Gasteiger partial charge is 0.369 e. The van der Waals surface area contributed by atoms with E-state index in [0.717, 1.165) is 31.5 Å². The molecular formula is C22H22N2O3. The number of nitrogens with zero attached hydrogens (tertiary/aromatic N) is 2. The standard InChI is InChI=1S/C22H22N2O3/c1-26-20-10-6-5-9-18(20)21-19(22(25)27-23-21)15-24-13-11-17(12-14-24)16-7-3-2-4-8-16/h2-10,15,17H,11-14H2,1H3/b19-15-. The molecule has 138 valence electrons. The van der Waals surface area contributed by atoms with E-state index in [9.17, 15) is 4.79 Å². The second kappa shape index (κ2) is 7.66. The molecular weight excluding hydrogens is 340 g/mol. The molecule has 2 aliphatic heterocycles. The van der Waals surface area contributed by atoms with E-state index in [2.05, 4.69) is 34.3 Å². The molecule has 0 N–H and O–H groups in total. The maximum Gasteiger partial charge on any atom is 0.369 e. The highest BCUT2D eigenvalue weighted by atomic mass is 16.7. The molecule has 0 radical (unpaired) electrons. The van der Waals surface area contributed by atoms with Gasteiger partial charge < -0.3 is 14.5 Å². The van der Waals surface area contributed by atoms with Gasteiger partial charge in [-0.05, 0) is 36.5 Å². The first-order chi connectivity index (χ1) is 13.3. The number of carbonyl (C=O) groups is 1. The van der Waals surface area contributed by atoms with E-state index in [1.165, 1.54) is 5.56 Å². The number of benzene rings is 2. The molecule has 0 amide bonds. The molecule has 0 atom stereocenters. The molecule has 4 rings (SSSR count). The molecule has 27 heavy (non-hydrogen) atoms. The normalized spacial score (nSPS) is 19.1. The van der Waals surface area contributed by atoms with Crippen molar-refractivity contribution in [2.75, 3.05) is 20.2 Å². The minimum Gasteiger partial charge on any atom is -0.496 e. The lowest BCUT2D eigenvalue weighted by atomic mass is 9.89. The molecule has 1 fully saturated rings. The van der Waals surface area contributed by atoms with Crippen molar-refractivity contribution in [2.24, 2.45) is 5.16 Å². The Morgan fingerprint density at radius 2 is 1.78 bits per heavy atom. The molecule has 2 aliphatic rings. The summed E-state index contributed by atoms with van der Waals surface area (Å²) in [4.78, 5) is 19.4. The van der Waals surface area contributed by atoms with Crippen molar-refractivity contribution in [1.82, 2.24) is 4.90 Å². The third-order valence-corrected chi connectivity index (χ3v) is 5.17. The molecule has 2 aromatic rings. The number of oxime groups is 1. The van der Waals surface area contributed by atoms with Crippen LogP contribution in [0.2, 0.25) is 0 Å². The number of likely N-dealkylation sites (tertiary alicyclic amines) is 1. The number of rotatable bonds is 4. The quantitative estimate of drug-likeness (QED) is 0.614. The van der Waals surface area contributed by atoms with Crippen LogP contribution in [0.5, 0.6) is 5.75 Å². The first-order valence-electron chi connectivity index (χ1n) is 9.20. The molecule has 0 aromatic heterocycles. The van der Waals surface area contributed by atoms with E-state index in [0.29, 0.717) is 23.0 Å². The predicted octanol–water partition coefficient (Wildman–Crippen LogP) is 3.72. The van der Waals surface area contributed by atoms with E-state index >= 15 is 0 Å². The van der Waals surface area contributed by atoms with Gasteiger partial charge in [-0.15, -0.1) is 0 Å². The Hall–Kier alpha value is -3.08. The summed E-state index contributed by atoms with van der Waals surface area (Å²) in [6.07, 6.45) is 4.01. The van der Waals surface area contributed by atoms with Crippen molar-refractivity contribution in [1.29, 1.82) is 0 Å². The van der Waals surface area contributed by atoms with E-state index in [4.69, 9.17) is 9.57 Å². The second-order valence-corrected chi connectivity index (χ2v) is 6.78. The summed E-state index contributed by atoms with van der Waals surface area (Å²) in [7, 11) is 1.61. The Morgan fingerprint density at radius 3 is 2.52 bits per heavy atom. The fourth-order valence-corrected chi connectivity index (χ4v) is 3.70. The molecule has 0 bridgehead atoms. The van der Waals surface area contributed by atoms with Crippen LogP contribution in [0.1, 0.15) is 29.9 Å². The summed E-state index contributed by atoms with van der Waals surface area (Å²) >= 11 is 0. The Balaban J connectivity index is 1.51. The molecule has 0 unspecified atom stereocenters. The molecule has 2 aromatic carbocycles. The number of methoxy groups -OCH3 is 1. The third-order valence-electron chi connectivity index (χ3n) is 5.17. The first-order valence-corrected chi connectivity index (χ1v) is 9.20. The maximum absolute atomic E-state index is 12.2. The molecule has 1 saturated heterocycles. The van der Waals surface area contributed by atoms with Gasteiger partial charge in [0.25, 0.3) is 0 Å². The van der Waals surface area contributed by atoms with E-state index < -0.39 is 5.97 Å². The van der Waals surface area contributed by atoms with Crippen LogP contribution in [0.15, 0.2) is 71.5 Å². The molecule has 5 nitrogen and oxygen atoms in total. The fourth-order valence-electron chi connectivity index (χ4n) is 3.70. The number of ether oxygens (including phenoxy) is 1. The highest BCUT2D eigenvalue weighted by Gasteiger charge is 2.30. The van der Waals surface area contributed by atoms with E-state index in [-0.39, 0.29) is 0 Å². The minimum atomic E-state index is -0.416. The summed E-state index contributed by atoms with van der Waals surface area (Å²) in [6, 6.07) is 18.1. The van der Waals surface area contributed by atoms with Gasteiger partial charge in [-0.1, -0.05) is 47.6 Å². The van der Waals surface area contributed by atoms with E-state index in [1.54, 1.807) is 7.11 Å². The lowest BCUT2D eigenvalue weighted by molar-refractivity contribution is -0.136. The Labute approximate surface area is 158 Å². The molecule has 0 spiro atoms. The van der Waals surface area contributed by atoms with Crippen molar-refractivity contribution in [3.05, 3.63) is 77.5 Å². The van der Waals surface area contributed by atoms with Crippen molar-refractivity contribution < 1.29 is 14.4 Å². The van der Waals surface area contributed by atoms with Gasteiger partial charge in [0.15, 0.2) is 0 Å². The Morgan fingerprint density at radius 1 is 1.07 bits per heavy atom. The highest BCUT2D eigenvalue weighted by Crippen LogP contribution is 2.30. The molecule has 2 heterocycles. The Bertz CT molecular complexity index is 881. The second-order valence-electron chi connectivity index (χ2n) is 6.78. The topological polar surface area (TPSA) is 51.1 Å². The number of hydrogen-bond donors (Lipinski definition) is 0. The van der Waals surface area contributed by atoms with Gasteiger partial charge in [0.05, 0.1) is 7.11 Å². The average molecular weight is 362 g/mol. The highest BCUT2D eigenvalue weighted by molar-refractivity contribution is 6.29. The van der Waals surface area contributed by atoms with Gasteiger partial charge in [0.2, 0.25) is 0 Å². The lowest BCUT2D eigenvalue weighted by Crippen LogP contribution is -2.30. The maximum atomic E-state index is 12.2. The monoisotopic (exact) mass is 362 g/mol. The lowest BCUT2D eigenvalue weighted by Gasteiger charge is -2.31. The zero-order valence-electron chi connectivity index (χ0n) is 15.3. The van der Waals surface area contributed by atoms with Crippen LogP contribution in [0.25, 0.3) is 0 Å². The van der Waals surface area contributed by atoms with Gasteiger partial charge in [-0.2, -0.15) is 0 Å². The molecule has 0 aliphatic carbocycles. The number of piperidine rings is 1. The summed E-state index contributed by atoms with van der Waals surface area (Å²) in [5.74, 6) is 0.822. The van der Waals surface area contributed by atoms with Gasteiger partial charge >= 0.3 is 5.97 Å². The average Bonchev–Trinajstić information content (AvgIpc) is 3.09. The van der Waals surface area contributed by atoms with Crippen LogP contribution in [0.3, 0.4) is 0 Å². The van der Waals surface area contributed by atoms with Crippen LogP contribution in [-0.2, 0) is 9.63 Å². The summed E-state index contributed by atoms with van der Waals surface area (Å²) in [5.41, 5.74) is 3.16. The van der Waals surface area contributed by atoms with Gasteiger partial charge in [-0.3, -0.25) is 0 Å². The van der Waals surface area contributed by atoms with Gasteiger partial charge in [-0.25, -0.2) is 4.79 Å². The van der Waals surface area contributed by atoms with Gasteiger partial charge in [0.1, 0.15) is 17.0 Å². The SMILES string of the molecule is COc1ccccc1C1=NOC(=O)/C1=C\N1CCC(c2ccccc2)CC1. The predicted molar refractivity (Wildman–Crippen MR) is 104 cm³/mol. The van der Waals surface area contributed by atoms with Gasteiger partial charge in [0, 0.05) is 24.9 Å². The van der Waals surface area contributed by atoms with Crippen molar-refractivity contribution in [3.63, 3.8) is 0 Å². The van der Waals surface area contributed by atoms with Crippen molar-refractivity contribution in [2.45, 2.75) is 18.8 Å². The molecule has 0 saturated carbocycles. The van der Waals surface area contributed by atoms with E-state index in [1.807, 2.05) is 36.5 Å². The van der Waals surface area contributed by atoms with Crippen molar-refractivity contribution >= 4 is 11.7 Å². The summed E-state index contributed by atoms with van der Waals surface area (Å²) in [6.45, 7) is 1.80. The van der Waals surface area contributed by atoms with Crippen LogP contribution in [-0.4, -0.2) is 36.8 Å². The van der Waals surface area contributed by atoms with Crippen LogP contribution in [0.4, 0.5) is 0 Å².